The summed E-state index contributed by atoms with van der Waals surface area (Å²) in [6.07, 6.45) is 8.55. The normalized spacial score (nSPS) is 13.3. The van der Waals surface area contributed by atoms with Crippen molar-refractivity contribution in [3.63, 3.8) is 0 Å². The SMILES string of the molecule is Cc1cc(Cc2ccc3c(c2)CC=C[CH]3)c2ccccc2n1. The minimum absolute atomic E-state index is 0.959. The van der Waals surface area contributed by atoms with Crippen molar-refractivity contribution in [1.29, 1.82) is 0 Å². The molecule has 4 rings (SSSR count). The summed E-state index contributed by atoms with van der Waals surface area (Å²) in [6.45, 7) is 2.07. The van der Waals surface area contributed by atoms with Gasteiger partial charge in [-0.15, -0.1) is 0 Å². The maximum absolute atomic E-state index is 4.63. The van der Waals surface area contributed by atoms with Gasteiger partial charge in [-0.3, -0.25) is 4.98 Å². The fraction of sp³-hybridized carbons (Fsp3) is 0.143. The highest BCUT2D eigenvalue weighted by Crippen LogP contribution is 2.24. The van der Waals surface area contributed by atoms with Crippen LogP contribution in [0.2, 0.25) is 0 Å². The van der Waals surface area contributed by atoms with E-state index in [1.165, 1.54) is 27.6 Å². The average molecular weight is 284 g/mol. The Morgan fingerprint density at radius 2 is 1.95 bits per heavy atom. The second-order valence-corrected chi connectivity index (χ2v) is 5.95. The highest BCUT2D eigenvalue weighted by atomic mass is 14.7. The van der Waals surface area contributed by atoms with E-state index in [-0.39, 0.29) is 0 Å². The molecule has 1 heteroatoms. The van der Waals surface area contributed by atoms with E-state index in [9.17, 15) is 0 Å². The van der Waals surface area contributed by atoms with Crippen LogP contribution in [0.15, 0.2) is 60.7 Å². The molecule has 0 unspecified atom stereocenters. The highest BCUT2D eigenvalue weighted by Gasteiger charge is 2.08. The zero-order chi connectivity index (χ0) is 14.9. The molecule has 1 aliphatic rings. The van der Waals surface area contributed by atoms with E-state index in [1.807, 2.05) is 0 Å². The van der Waals surface area contributed by atoms with Crippen molar-refractivity contribution in [2.75, 3.05) is 0 Å². The number of fused-ring (bicyclic) bond motifs is 2. The molecule has 0 atom stereocenters. The molecule has 1 heterocycles. The summed E-state index contributed by atoms with van der Waals surface area (Å²) >= 11 is 0. The lowest BCUT2D eigenvalue weighted by Crippen LogP contribution is -1.99. The number of pyridine rings is 1. The summed E-state index contributed by atoms with van der Waals surface area (Å²) in [7, 11) is 0. The molecule has 0 aliphatic heterocycles. The molecule has 1 aromatic heterocycles. The first-order valence-electron chi connectivity index (χ1n) is 7.76. The van der Waals surface area contributed by atoms with E-state index in [4.69, 9.17) is 0 Å². The lowest BCUT2D eigenvalue weighted by atomic mass is 9.92. The van der Waals surface area contributed by atoms with Crippen molar-refractivity contribution in [1.82, 2.24) is 4.98 Å². The van der Waals surface area contributed by atoms with Gasteiger partial charge in [0, 0.05) is 17.5 Å². The fourth-order valence-electron chi connectivity index (χ4n) is 3.24. The van der Waals surface area contributed by atoms with Gasteiger partial charge < -0.3 is 0 Å². The van der Waals surface area contributed by atoms with Crippen LogP contribution >= 0.6 is 0 Å². The van der Waals surface area contributed by atoms with Crippen LogP contribution in [0, 0.1) is 13.3 Å². The Kier molecular flexibility index (Phi) is 3.27. The summed E-state index contributed by atoms with van der Waals surface area (Å²) in [5.41, 5.74) is 7.68. The summed E-state index contributed by atoms with van der Waals surface area (Å²) in [5.74, 6) is 0. The molecule has 22 heavy (non-hydrogen) atoms. The molecule has 1 aliphatic carbocycles. The molecule has 0 amide bonds. The standard InChI is InChI=1S/C21H18N/c1-15-12-19(20-8-4-5-9-21(20)22-15)14-16-10-11-17-6-2-3-7-18(17)13-16/h2-6,8-13H,7,14H2,1H3. The van der Waals surface area contributed by atoms with Crippen LogP contribution in [-0.4, -0.2) is 4.98 Å². The van der Waals surface area contributed by atoms with Gasteiger partial charge in [0.05, 0.1) is 5.52 Å². The number of para-hydroxylation sites is 1. The van der Waals surface area contributed by atoms with Gasteiger partial charge in [0.15, 0.2) is 0 Å². The Bertz CT molecular complexity index is 874. The van der Waals surface area contributed by atoms with Crippen molar-refractivity contribution >= 4 is 10.9 Å². The van der Waals surface area contributed by atoms with Crippen LogP contribution in [0.1, 0.15) is 27.9 Å². The third-order valence-electron chi connectivity index (χ3n) is 4.28. The molecule has 0 fully saturated rings. The Hall–Kier alpha value is -2.41. The summed E-state index contributed by atoms with van der Waals surface area (Å²) < 4.78 is 0. The maximum Gasteiger partial charge on any atom is 0.0708 e. The molecule has 0 spiro atoms. The Balaban J connectivity index is 1.75. The number of benzene rings is 2. The quantitative estimate of drug-likeness (QED) is 0.659. The second-order valence-electron chi connectivity index (χ2n) is 5.95. The number of nitrogens with zero attached hydrogens (tertiary/aromatic N) is 1. The lowest BCUT2D eigenvalue weighted by Gasteiger charge is -2.13. The van der Waals surface area contributed by atoms with Crippen LogP contribution in [0.25, 0.3) is 10.9 Å². The monoisotopic (exact) mass is 284 g/mol. The number of hydrogen-bond donors (Lipinski definition) is 0. The van der Waals surface area contributed by atoms with Gasteiger partial charge >= 0.3 is 0 Å². The number of allylic oxidation sites excluding steroid dienone is 2. The first-order valence-corrected chi connectivity index (χ1v) is 7.76. The molecule has 0 bridgehead atoms. The Morgan fingerprint density at radius 3 is 2.91 bits per heavy atom. The Labute approximate surface area is 131 Å². The third-order valence-corrected chi connectivity index (χ3v) is 4.28. The van der Waals surface area contributed by atoms with E-state index in [2.05, 4.69) is 79.0 Å². The number of hydrogen-bond acceptors (Lipinski definition) is 1. The molecular weight excluding hydrogens is 266 g/mol. The summed E-state index contributed by atoms with van der Waals surface area (Å²) in [5, 5.41) is 1.26. The molecule has 2 aromatic carbocycles. The minimum atomic E-state index is 0.959. The zero-order valence-electron chi connectivity index (χ0n) is 12.7. The van der Waals surface area contributed by atoms with E-state index in [1.54, 1.807) is 0 Å². The second kappa shape index (κ2) is 5.42. The minimum Gasteiger partial charge on any atom is -0.253 e. The predicted molar refractivity (Wildman–Crippen MR) is 92.0 cm³/mol. The Morgan fingerprint density at radius 1 is 1.05 bits per heavy atom. The zero-order valence-corrected chi connectivity index (χ0v) is 12.7. The van der Waals surface area contributed by atoms with E-state index in [0.717, 1.165) is 24.1 Å². The van der Waals surface area contributed by atoms with Gasteiger partial charge in [0.1, 0.15) is 0 Å². The predicted octanol–water partition coefficient (Wildman–Crippen LogP) is 4.80. The summed E-state index contributed by atoms with van der Waals surface area (Å²) in [6, 6.07) is 17.5. The first-order chi connectivity index (χ1) is 10.8. The van der Waals surface area contributed by atoms with Crippen molar-refractivity contribution < 1.29 is 0 Å². The van der Waals surface area contributed by atoms with Crippen LogP contribution in [-0.2, 0) is 12.8 Å². The van der Waals surface area contributed by atoms with Crippen molar-refractivity contribution in [2.24, 2.45) is 0 Å². The molecule has 1 radical (unpaired) electrons. The molecular formula is C21H18N. The van der Waals surface area contributed by atoms with Crippen molar-refractivity contribution in [3.8, 4) is 0 Å². The molecule has 1 nitrogen and oxygen atoms in total. The molecule has 3 aromatic rings. The van der Waals surface area contributed by atoms with Crippen LogP contribution in [0.3, 0.4) is 0 Å². The average Bonchev–Trinajstić information content (AvgIpc) is 2.54. The van der Waals surface area contributed by atoms with Gasteiger partial charge in [0.25, 0.3) is 0 Å². The molecule has 107 valence electrons. The molecule has 0 N–H and O–H groups in total. The number of aromatic nitrogens is 1. The molecule has 0 saturated heterocycles. The van der Waals surface area contributed by atoms with Crippen LogP contribution in [0.4, 0.5) is 0 Å². The topological polar surface area (TPSA) is 12.9 Å². The number of rotatable bonds is 2. The van der Waals surface area contributed by atoms with Crippen molar-refractivity contribution in [2.45, 2.75) is 19.8 Å². The van der Waals surface area contributed by atoms with E-state index >= 15 is 0 Å². The van der Waals surface area contributed by atoms with Gasteiger partial charge in [-0.1, -0.05) is 48.6 Å². The van der Waals surface area contributed by atoms with Crippen LogP contribution in [0.5, 0.6) is 0 Å². The number of aryl methyl sites for hydroxylation is 1. The van der Waals surface area contributed by atoms with Gasteiger partial charge in [-0.2, -0.15) is 0 Å². The van der Waals surface area contributed by atoms with Gasteiger partial charge in [0.2, 0.25) is 0 Å². The van der Waals surface area contributed by atoms with Crippen molar-refractivity contribution in [3.05, 3.63) is 95.1 Å². The van der Waals surface area contributed by atoms with E-state index in [0.29, 0.717) is 0 Å². The van der Waals surface area contributed by atoms with E-state index < -0.39 is 0 Å². The fourth-order valence-corrected chi connectivity index (χ4v) is 3.24. The maximum atomic E-state index is 4.63. The third kappa shape index (κ3) is 2.43. The van der Waals surface area contributed by atoms with Crippen LogP contribution < -0.4 is 0 Å². The highest BCUT2D eigenvalue weighted by molar-refractivity contribution is 5.82. The first kappa shape index (κ1) is 13.3. The summed E-state index contributed by atoms with van der Waals surface area (Å²) in [4.78, 5) is 4.63. The van der Waals surface area contributed by atoms with Gasteiger partial charge in [-0.25, -0.2) is 0 Å². The largest absolute Gasteiger partial charge is 0.253 e. The smallest absolute Gasteiger partial charge is 0.0708 e. The van der Waals surface area contributed by atoms with Gasteiger partial charge in [-0.05, 0) is 54.2 Å². The lowest BCUT2D eigenvalue weighted by molar-refractivity contribution is 1.12. The molecule has 0 saturated carbocycles.